The van der Waals surface area contributed by atoms with Gasteiger partial charge in [-0.2, -0.15) is 0 Å². The first kappa shape index (κ1) is 23.7. The first-order chi connectivity index (χ1) is 16.2. The van der Waals surface area contributed by atoms with E-state index in [-0.39, 0.29) is 23.7 Å². The van der Waals surface area contributed by atoms with Crippen LogP contribution in [0.5, 0.6) is 5.75 Å². The van der Waals surface area contributed by atoms with Crippen molar-refractivity contribution in [1.82, 2.24) is 5.32 Å². The van der Waals surface area contributed by atoms with Crippen molar-refractivity contribution in [3.63, 3.8) is 0 Å². The third-order valence-electron chi connectivity index (χ3n) is 5.07. The number of urea groups is 1. The van der Waals surface area contributed by atoms with Crippen molar-refractivity contribution in [2.75, 3.05) is 4.90 Å². The van der Waals surface area contributed by atoms with Gasteiger partial charge in [-0.15, -0.1) is 0 Å². The lowest BCUT2D eigenvalue weighted by molar-refractivity contribution is -0.122. The summed E-state index contributed by atoms with van der Waals surface area (Å²) in [5.41, 5.74) is 1.77. The van der Waals surface area contributed by atoms with Crippen LogP contribution in [0.15, 0.2) is 70.7 Å². The molecule has 1 aliphatic rings. The number of hydrogen-bond acceptors (Lipinski definition) is 4. The van der Waals surface area contributed by atoms with Crippen LogP contribution < -0.4 is 15.0 Å². The zero-order chi connectivity index (χ0) is 24.4. The van der Waals surface area contributed by atoms with E-state index in [9.17, 15) is 18.8 Å². The van der Waals surface area contributed by atoms with Gasteiger partial charge >= 0.3 is 6.03 Å². The van der Waals surface area contributed by atoms with Crippen LogP contribution in [0.25, 0.3) is 6.08 Å². The molecule has 34 heavy (non-hydrogen) atoms. The number of carbonyl (C=O) groups excluding carboxylic acids is 3. The zero-order valence-electron chi connectivity index (χ0n) is 17.8. The van der Waals surface area contributed by atoms with Gasteiger partial charge in [0.15, 0.2) is 0 Å². The standard InChI is InChI=1S/C25H17BrClFN2O4/c1-14-5-7-19(12-21(14)27)30-24(32)20(23(31)29-25(30)33)11-16-10-17(26)6-8-22(16)34-13-15-3-2-4-18(28)9-15/h2-12H,13H2,1H3,(H,29,31,33)/b20-11-. The Bertz CT molecular complexity index is 1360. The lowest BCUT2D eigenvalue weighted by Crippen LogP contribution is -2.54. The van der Waals surface area contributed by atoms with Crippen molar-refractivity contribution in [3.05, 3.63) is 98.2 Å². The fourth-order valence-corrected chi connectivity index (χ4v) is 3.87. The van der Waals surface area contributed by atoms with E-state index in [0.717, 1.165) is 10.5 Å². The molecule has 1 N–H and O–H groups in total. The number of imide groups is 2. The van der Waals surface area contributed by atoms with Gasteiger partial charge in [-0.3, -0.25) is 14.9 Å². The Hall–Kier alpha value is -3.49. The van der Waals surface area contributed by atoms with Crippen molar-refractivity contribution in [2.45, 2.75) is 13.5 Å². The quantitative estimate of drug-likeness (QED) is 0.326. The topological polar surface area (TPSA) is 75.7 Å². The molecule has 0 radical (unpaired) electrons. The average Bonchev–Trinajstić information content (AvgIpc) is 2.78. The van der Waals surface area contributed by atoms with Gasteiger partial charge < -0.3 is 4.74 Å². The van der Waals surface area contributed by atoms with Gasteiger partial charge in [0.2, 0.25) is 0 Å². The van der Waals surface area contributed by atoms with E-state index in [0.29, 0.717) is 26.4 Å². The first-order valence-corrected chi connectivity index (χ1v) is 11.2. The average molecular weight is 544 g/mol. The monoisotopic (exact) mass is 542 g/mol. The van der Waals surface area contributed by atoms with E-state index in [1.54, 1.807) is 49.4 Å². The smallest absolute Gasteiger partial charge is 0.335 e. The largest absolute Gasteiger partial charge is 0.488 e. The van der Waals surface area contributed by atoms with Crippen LogP contribution in [0.2, 0.25) is 5.02 Å². The molecule has 3 aromatic rings. The fourth-order valence-electron chi connectivity index (χ4n) is 3.32. The molecule has 4 amide bonds. The molecule has 3 aromatic carbocycles. The summed E-state index contributed by atoms with van der Waals surface area (Å²) < 4.78 is 20.0. The molecule has 0 bridgehead atoms. The molecule has 0 spiro atoms. The van der Waals surface area contributed by atoms with E-state index < -0.39 is 17.8 Å². The molecule has 1 saturated heterocycles. The SMILES string of the molecule is Cc1ccc(N2C(=O)NC(=O)/C(=C/c3cc(Br)ccc3OCc3cccc(F)c3)C2=O)cc1Cl. The lowest BCUT2D eigenvalue weighted by Gasteiger charge is -2.26. The number of hydrogen-bond donors (Lipinski definition) is 1. The van der Waals surface area contributed by atoms with E-state index in [2.05, 4.69) is 21.2 Å². The zero-order valence-corrected chi connectivity index (χ0v) is 20.1. The fraction of sp³-hybridized carbons (Fsp3) is 0.0800. The van der Waals surface area contributed by atoms with E-state index >= 15 is 0 Å². The molecular weight excluding hydrogens is 527 g/mol. The number of nitrogens with one attached hydrogen (secondary N) is 1. The van der Waals surface area contributed by atoms with Crippen LogP contribution in [-0.2, 0) is 16.2 Å². The number of nitrogens with zero attached hydrogens (tertiary/aromatic N) is 1. The van der Waals surface area contributed by atoms with Gasteiger partial charge in [-0.05, 0) is 66.6 Å². The number of aryl methyl sites for hydroxylation is 1. The van der Waals surface area contributed by atoms with Crippen LogP contribution in [0, 0.1) is 12.7 Å². The number of barbiturate groups is 1. The van der Waals surface area contributed by atoms with Crippen molar-refractivity contribution < 1.29 is 23.5 Å². The molecule has 0 atom stereocenters. The molecule has 0 aromatic heterocycles. The predicted octanol–water partition coefficient (Wildman–Crippen LogP) is 5.80. The van der Waals surface area contributed by atoms with Crippen molar-refractivity contribution in [1.29, 1.82) is 0 Å². The minimum Gasteiger partial charge on any atom is -0.488 e. The normalized spacial score (nSPS) is 15.0. The summed E-state index contributed by atoms with van der Waals surface area (Å²) in [4.78, 5) is 39.1. The van der Waals surface area contributed by atoms with Gasteiger partial charge in [-0.25, -0.2) is 14.1 Å². The Morgan fingerprint density at radius 2 is 1.88 bits per heavy atom. The summed E-state index contributed by atoms with van der Waals surface area (Å²) in [5.74, 6) is -1.66. The highest BCUT2D eigenvalue weighted by Gasteiger charge is 2.37. The maximum atomic E-state index is 13.5. The van der Waals surface area contributed by atoms with Crippen molar-refractivity contribution in [2.24, 2.45) is 0 Å². The third-order valence-corrected chi connectivity index (χ3v) is 5.97. The summed E-state index contributed by atoms with van der Waals surface area (Å²) in [6.45, 7) is 1.86. The molecule has 0 saturated carbocycles. The number of amides is 4. The highest BCUT2D eigenvalue weighted by Crippen LogP contribution is 2.30. The summed E-state index contributed by atoms with van der Waals surface area (Å²) in [6.07, 6.45) is 1.35. The number of rotatable bonds is 5. The van der Waals surface area contributed by atoms with E-state index in [1.807, 2.05) is 0 Å². The van der Waals surface area contributed by atoms with Crippen molar-refractivity contribution in [3.8, 4) is 5.75 Å². The Kier molecular flexibility index (Phi) is 6.81. The molecule has 172 valence electrons. The second-order valence-electron chi connectivity index (χ2n) is 7.49. The molecule has 1 aliphatic heterocycles. The molecule has 4 rings (SSSR count). The second-order valence-corrected chi connectivity index (χ2v) is 8.81. The van der Waals surface area contributed by atoms with Crippen LogP contribution >= 0.6 is 27.5 Å². The molecule has 1 heterocycles. The Balaban J connectivity index is 1.68. The van der Waals surface area contributed by atoms with Gasteiger partial charge in [0.25, 0.3) is 11.8 Å². The number of ether oxygens (including phenoxy) is 1. The summed E-state index contributed by atoms with van der Waals surface area (Å²) >= 11 is 9.53. The van der Waals surface area contributed by atoms with Crippen LogP contribution in [0.3, 0.4) is 0 Å². The minimum atomic E-state index is -0.871. The van der Waals surface area contributed by atoms with Crippen LogP contribution in [0.1, 0.15) is 16.7 Å². The van der Waals surface area contributed by atoms with E-state index in [1.165, 1.54) is 24.3 Å². The molecule has 1 fully saturated rings. The van der Waals surface area contributed by atoms with Crippen LogP contribution in [0.4, 0.5) is 14.9 Å². The number of benzene rings is 3. The Labute approximate surface area is 208 Å². The Morgan fingerprint density at radius 1 is 1.09 bits per heavy atom. The molecule has 0 aliphatic carbocycles. The number of anilines is 1. The minimum absolute atomic E-state index is 0.0716. The highest BCUT2D eigenvalue weighted by atomic mass is 79.9. The number of halogens is 3. The first-order valence-electron chi connectivity index (χ1n) is 10.1. The molecule has 6 nitrogen and oxygen atoms in total. The Morgan fingerprint density at radius 3 is 2.62 bits per heavy atom. The van der Waals surface area contributed by atoms with E-state index in [4.69, 9.17) is 16.3 Å². The highest BCUT2D eigenvalue weighted by molar-refractivity contribution is 9.10. The summed E-state index contributed by atoms with van der Waals surface area (Å²) in [5, 5.41) is 2.56. The van der Waals surface area contributed by atoms with Gasteiger partial charge in [0, 0.05) is 15.1 Å². The van der Waals surface area contributed by atoms with Gasteiger partial charge in [0.05, 0.1) is 5.69 Å². The maximum Gasteiger partial charge on any atom is 0.335 e. The molecule has 0 unspecified atom stereocenters. The summed E-state index contributed by atoms with van der Waals surface area (Å²) in [6, 6.07) is 14.9. The lowest BCUT2D eigenvalue weighted by atomic mass is 10.1. The van der Waals surface area contributed by atoms with Crippen LogP contribution in [-0.4, -0.2) is 17.8 Å². The summed E-state index contributed by atoms with van der Waals surface area (Å²) in [7, 11) is 0. The molecule has 9 heteroatoms. The van der Waals surface area contributed by atoms with Gasteiger partial charge in [-0.1, -0.05) is 45.7 Å². The number of carbonyl (C=O) groups is 3. The third kappa shape index (κ3) is 5.03. The second kappa shape index (κ2) is 9.79. The van der Waals surface area contributed by atoms with Gasteiger partial charge in [0.1, 0.15) is 23.7 Å². The van der Waals surface area contributed by atoms with Crippen molar-refractivity contribution >= 4 is 57.1 Å². The predicted molar refractivity (Wildman–Crippen MR) is 130 cm³/mol. The molecular formula is C25H17BrClFN2O4. The maximum absolute atomic E-state index is 13.5.